The van der Waals surface area contributed by atoms with Crippen LogP contribution in [-0.4, -0.2) is 9.78 Å². The SMILES string of the molecule is CC(C)Cc1cc(-c2cnn(C)c2)ccc1Cl. The predicted molar refractivity (Wildman–Crippen MR) is 72.2 cm³/mol. The molecule has 0 aliphatic rings. The molecule has 0 saturated carbocycles. The van der Waals surface area contributed by atoms with E-state index in [1.165, 1.54) is 11.1 Å². The number of halogens is 1. The van der Waals surface area contributed by atoms with Gasteiger partial charge in [-0.15, -0.1) is 0 Å². The summed E-state index contributed by atoms with van der Waals surface area (Å²) >= 11 is 6.21. The summed E-state index contributed by atoms with van der Waals surface area (Å²) in [5, 5.41) is 5.04. The lowest BCUT2D eigenvalue weighted by Gasteiger charge is -2.09. The van der Waals surface area contributed by atoms with Gasteiger partial charge in [-0.3, -0.25) is 4.68 Å². The molecule has 0 aliphatic heterocycles. The quantitative estimate of drug-likeness (QED) is 0.805. The zero-order valence-corrected chi connectivity index (χ0v) is 11.2. The van der Waals surface area contributed by atoms with Crippen molar-refractivity contribution in [3.05, 3.63) is 41.2 Å². The molecule has 3 heteroatoms. The van der Waals surface area contributed by atoms with Gasteiger partial charge in [-0.05, 0) is 35.6 Å². The van der Waals surface area contributed by atoms with Crippen LogP contribution in [0.15, 0.2) is 30.6 Å². The van der Waals surface area contributed by atoms with Crippen LogP contribution in [0.3, 0.4) is 0 Å². The van der Waals surface area contributed by atoms with Crippen molar-refractivity contribution in [3.8, 4) is 11.1 Å². The van der Waals surface area contributed by atoms with Gasteiger partial charge in [0.05, 0.1) is 6.20 Å². The van der Waals surface area contributed by atoms with Crippen LogP contribution in [0.25, 0.3) is 11.1 Å². The Kier molecular flexibility index (Phi) is 3.53. The molecule has 0 N–H and O–H groups in total. The van der Waals surface area contributed by atoms with E-state index in [0.717, 1.165) is 17.0 Å². The highest BCUT2D eigenvalue weighted by atomic mass is 35.5. The van der Waals surface area contributed by atoms with Crippen LogP contribution in [-0.2, 0) is 13.5 Å². The summed E-state index contributed by atoms with van der Waals surface area (Å²) in [7, 11) is 1.93. The molecular weight excluding hydrogens is 232 g/mol. The molecule has 0 spiro atoms. The molecule has 0 radical (unpaired) electrons. The maximum atomic E-state index is 6.21. The summed E-state index contributed by atoms with van der Waals surface area (Å²) in [5.74, 6) is 0.608. The molecule has 90 valence electrons. The van der Waals surface area contributed by atoms with Gasteiger partial charge in [-0.2, -0.15) is 5.10 Å². The standard InChI is InChI=1S/C14H17ClN2/c1-10(2)6-12-7-11(4-5-14(12)15)13-8-16-17(3)9-13/h4-5,7-10H,6H2,1-3H3. The summed E-state index contributed by atoms with van der Waals surface area (Å²) in [5.41, 5.74) is 3.52. The van der Waals surface area contributed by atoms with Gasteiger partial charge >= 0.3 is 0 Å². The smallest absolute Gasteiger partial charge is 0.0568 e. The Balaban J connectivity index is 2.36. The van der Waals surface area contributed by atoms with Gasteiger partial charge < -0.3 is 0 Å². The van der Waals surface area contributed by atoms with Crippen molar-refractivity contribution in [1.29, 1.82) is 0 Å². The van der Waals surface area contributed by atoms with E-state index in [1.54, 1.807) is 0 Å². The molecule has 0 atom stereocenters. The van der Waals surface area contributed by atoms with Gasteiger partial charge in [-0.25, -0.2) is 0 Å². The van der Waals surface area contributed by atoms with E-state index in [9.17, 15) is 0 Å². The van der Waals surface area contributed by atoms with Gasteiger partial charge in [0.25, 0.3) is 0 Å². The lowest BCUT2D eigenvalue weighted by molar-refractivity contribution is 0.647. The molecule has 0 bridgehead atoms. The molecular formula is C14H17ClN2. The largest absolute Gasteiger partial charge is 0.275 e. The number of benzene rings is 1. The van der Waals surface area contributed by atoms with Crippen molar-refractivity contribution in [3.63, 3.8) is 0 Å². The fourth-order valence-corrected chi connectivity index (χ4v) is 2.12. The Hall–Kier alpha value is -1.28. The fourth-order valence-electron chi connectivity index (χ4n) is 1.92. The third kappa shape index (κ3) is 2.89. The maximum Gasteiger partial charge on any atom is 0.0568 e. The first-order valence-corrected chi connectivity index (χ1v) is 6.21. The molecule has 1 heterocycles. The average molecular weight is 249 g/mol. The summed E-state index contributed by atoms with van der Waals surface area (Å²) in [6, 6.07) is 6.18. The van der Waals surface area contributed by atoms with E-state index in [-0.39, 0.29) is 0 Å². The minimum Gasteiger partial charge on any atom is -0.275 e. The van der Waals surface area contributed by atoms with E-state index in [2.05, 4.69) is 25.0 Å². The van der Waals surface area contributed by atoms with Gasteiger partial charge in [0.2, 0.25) is 0 Å². The lowest BCUT2D eigenvalue weighted by Crippen LogP contribution is -1.95. The highest BCUT2D eigenvalue weighted by Crippen LogP contribution is 2.26. The molecule has 17 heavy (non-hydrogen) atoms. The number of aryl methyl sites for hydroxylation is 1. The highest BCUT2D eigenvalue weighted by Gasteiger charge is 2.07. The first-order valence-electron chi connectivity index (χ1n) is 5.83. The minimum atomic E-state index is 0.608. The normalized spacial score (nSPS) is 11.1. The molecule has 2 nitrogen and oxygen atoms in total. The third-order valence-corrected chi connectivity index (χ3v) is 3.08. The van der Waals surface area contributed by atoms with E-state index in [4.69, 9.17) is 11.6 Å². The Morgan fingerprint density at radius 2 is 2.06 bits per heavy atom. The molecule has 1 aromatic heterocycles. The Labute approximate surface area is 107 Å². The molecule has 1 aromatic carbocycles. The summed E-state index contributed by atoms with van der Waals surface area (Å²) in [4.78, 5) is 0. The molecule has 0 fully saturated rings. The zero-order valence-electron chi connectivity index (χ0n) is 10.4. The van der Waals surface area contributed by atoms with Crippen LogP contribution in [0.5, 0.6) is 0 Å². The van der Waals surface area contributed by atoms with Crippen molar-refractivity contribution >= 4 is 11.6 Å². The second kappa shape index (κ2) is 4.92. The van der Waals surface area contributed by atoms with Gasteiger partial charge in [0.1, 0.15) is 0 Å². The van der Waals surface area contributed by atoms with E-state index >= 15 is 0 Å². The fraction of sp³-hybridized carbons (Fsp3) is 0.357. The Bertz CT molecular complexity index is 515. The van der Waals surface area contributed by atoms with Crippen LogP contribution >= 0.6 is 11.6 Å². The van der Waals surface area contributed by atoms with Crippen molar-refractivity contribution in [2.75, 3.05) is 0 Å². The average Bonchev–Trinajstić information content (AvgIpc) is 2.67. The van der Waals surface area contributed by atoms with Crippen LogP contribution in [0, 0.1) is 5.92 Å². The molecule has 0 amide bonds. The molecule has 2 rings (SSSR count). The first kappa shape index (κ1) is 12.2. The van der Waals surface area contributed by atoms with Gasteiger partial charge in [0.15, 0.2) is 0 Å². The van der Waals surface area contributed by atoms with E-state index in [0.29, 0.717) is 5.92 Å². The molecule has 0 aliphatic carbocycles. The topological polar surface area (TPSA) is 17.8 Å². The molecule has 2 aromatic rings. The Morgan fingerprint density at radius 1 is 1.29 bits per heavy atom. The summed E-state index contributed by atoms with van der Waals surface area (Å²) in [6.45, 7) is 4.40. The van der Waals surface area contributed by atoms with Crippen molar-refractivity contribution in [2.24, 2.45) is 13.0 Å². The third-order valence-electron chi connectivity index (χ3n) is 2.71. The number of nitrogens with zero attached hydrogens (tertiary/aromatic N) is 2. The minimum absolute atomic E-state index is 0.608. The van der Waals surface area contributed by atoms with Gasteiger partial charge in [0, 0.05) is 23.8 Å². The van der Waals surface area contributed by atoms with Gasteiger partial charge in [-0.1, -0.05) is 31.5 Å². The number of hydrogen-bond donors (Lipinski definition) is 0. The summed E-state index contributed by atoms with van der Waals surface area (Å²) < 4.78 is 1.81. The molecule has 0 saturated heterocycles. The highest BCUT2D eigenvalue weighted by molar-refractivity contribution is 6.31. The maximum absolute atomic E-state index is 6.21. The Morgan fingerprint density at radius 3 is 2.65 bits per heavy atom. The van der Waals surface area contributed by atoms with Crippen LogP contribution < -0.4 is 0 Å². The van der Waals surface area contributed by atoms with E-state index < -0.39 is 0 Å². The van der Waals surface area contributed by atoms with Crippen LogP contribution in [0.2, 0.25) is 5.02 Å². The number of aromatic nitrogens is 2. The van der Waals surface area contributed by atoms with Crippen molar-refractivity contribution in [1.82, 2.24) is 9.78 Å². The second-order valence-electron chi connectivity index (χ2n) is 4.81. The van der Waals surface area contributed by atoms with Crippen molar-refractivity contribution in [2.45, 2.75) is 20.3 Å². The van der Waals surface area contributed by atoms with Crippen molar-refractivity contribution < 1.29 is 0 Å². The lowest BCUT2D eigenvalue weighted by atomic mass is 9.99. The summed E-state index contributed by atoms with van der Waals surface area (Å²) in [6.07, 6.45) is 4.90. The monoisotopic (exact) mass is 248 g/mol. The van der Waals surface area contributed by atoms with E-state index in [1.807, 2.05) is 36.3 Å². The zero-order chi connectivity index (χ0) is 12.4. The first-order chi connectivity index (χ1) is 8.06. The van der Waals surface area contributed by atoms with Crippen LogP contribution in [0.4, 0.5) is 0 Å². The number of rotatable bonds is 3. The predicted octanol–water partition coefficient (Wildman–Crippen LogP) is 3.94. The van der Waals surface area contributed by atoms with Crippen LogP contribution in [0.1, 0.15) is 19.4 Å². The number of hydrogen-bond acceptors (Lipinski definition) is 1. The second-order valence-corrected chi connectivity index (χ2v) is 5.21. The molecule has 0 unspecified atom stereocenters.